The van der Waals surface area contributed by atoms with Gasteiger partial charge < -0.3 is 19.9 Å². The third kappa shape index (κ3) is 4.59. The maximum absolute atomic E-state index is 13.2. The highest BCUT2D eigenvalue weighted by Gasteiger charge is 2.40. The van der Waals surface area contributed by atoms with Crippen LogP contribution in [0.3, 0.4) is 0 Å². The van der Waals surface area contributed by atoms with Crippen LogP contribution in [-0.2, 0) is 9.59 Å². The Morgan fingerprint density at radius 1 is 0.909 bits per heavy atom. The highest BCUT2D eigenvalue weighted by Crippen LogP contribution is 2.33. The third-order valence-corrected chi connectivity index (χ3v) is 6.33. The molecule has 2 aliphatic heterocycles. The zero-order valence-corrected chi connectivity index (χ0v) is 19.8. The highest BCUT2D eigenvalue weighted by molar-refractivity contribution is 6.36. The number of carbonyl (C=O) groups is 2. The van der Waals surface area contributed by atoms with Crippen molar-refractivity contribution in [1.82, 2.24) is 9.80 Å². The first-order valence-electron chi connectivity index (χ1n) is 11.5. The van der Waals surface area contributed by atoms with E-state index in [4.69, 9.17) is 4.74 Å². The van der Waals surface area contributed by atoms with E-state index >= 15 is 0 Å². The molecule has 0 atom stereocenters. The van der Waals surface area contributed by atoms with Crippen molar-refractivity contribution in [2.24, 2.45) is 0 Å². The van der Waals surface area contributed by atoms with Crippen LogP contribution in [0.1, 0.15) is 26.3 Å². The molecular weight excluding hydrogens is 416 g/mol. The molecule has 2 aromatic rings. The Labute approximate surface area is 195 Å². The molecule has 0 aliphatic carbocycles. The standard InChI is InChI=1S/C26H32N4O3/c1-5-28-14-16-29(17-15-28)21-10-8-20(9-11-21)27-24-23(19-6-12-22(33-4)13-7-19)25(31)30(18(2)3)26(24)32/h6-13,18,27H,5,14-17H2,1-4H3. The van der Waals surface area contributed by atoms with Gasteiger partial charge in [-0.25, -0.2) is 0 Å². The molecule has 4 rings (SSSR count). The number of methoxy groups -OCH3 is 1. The minimum Gasteiger partial charge on any atom is -0.497 e. The van der Waals surface area contributed by atoms with Crippen molar-refractivity contribution in [2.75, 3.05) is 50.1 Å². The Hall–Kier alpha value is -3.32. The maximum atomic E-state index is 13.2. The summed E-state index contributed by atoms with van der Waals surface area (Å²) in [4.78, 5) is 32.5. The number of piperazine rings is 1. The number of likely N-dealkylation sites (N-methyl/N-ethyl adjacent to an activating group) is 1. The molecule has 1 N–H and O–H groups in total. The van der Waals surface area contributed by atoms with E-state index in [1.165, 1.54) is 10.6 Å². The van der Waals surface area contributed by atoms with Gasteiger partial charge in [-0.05, 0) is 62.4 Å². The van der Waals surface area contributed by atoms with E-state index < -0.39 is 0 Å². The SMILES string of the molecule is CCN1CCN(c2ccc(NC3=C(c4ccc(OC)cc4)C(=O)N(C(C)C)C3=O)cc2)CC1. The number of benzene rings is 2. The summed E-state index contributed by atoms with van der Waals surface area (Å²) in [7, 11) is 1.60. The second-order valence-electron chi connectivity index (χ2n) is 8.65. The number of carbonyl (C=O) groups excluding carboxylic acids is 2. The van der Waals surface area contributed by atoms with Gasteiger partial charge in [-0.15, -0.1) is 0 Å². The predicted octanol–water partition coefficient (Wildman–Crippen LogP) is 3.44. The number of rotatable bonds is 7. The molecule has 0 bridgehead atoms. The number of hydrogen-bond donors (Lipinski definition) is 1. The average Bonchev–Trinajstić information content (AvgIpc) is 3.09. The summed E-state index contributed by atoms with van der Waals surface area (Å²) in [6.07, 6.45) is 0. The van der Waals surface area contributed by atoms with Gasteiger partial charge in [0.1, 0.15) is 11.4 Å². The minimum atomic E-state index is -0.305. The Morgan fingerprint density at radius 2 is 1.55 bits per heavy atom. The summed E-state index contributed by atoms with van der Waals surface area (Å²) in [6.45, 7) is 11.1. The van der Waals surface area contributed by atoms with E-state index in [1.54, 1.807) is 19.2 Å². The van der Waals surface area contributed by atoms with Crippen LogP contribution in [0.5, 0.6) is 5.75 Å². The van der Waals surface area contributed by atoms with Gasteiger partial charge in [-0.2, -0.15) is 0 Å². The minimum absolute atomic E-state index is 0.235. The summed E-state index contributed by atoms with van der Waals surface area (Å²) in [5.74, 6) is 0.107. The van der Waals surface area contributed by atoms with Crippen LogP contribution in [0.2, 0.25) is 0 Å². The van der Waals surface area contributed by atoms with Crippen molar-refractivity contribution < 1.29 is 14.3 Å². The third-order valence-electron chi connectivity index (χ3n) is 6.33. The first-order chi connectivity index (χ1) is 15.9. The van der Waals surface area contributed by atoms with Crippen LogP contribution in [0.4, 0.5) is 11.4 Å². The van der Waals surface area contributed by atoms with E-state index in [0.717, 1.165) is 38.4 Å². The molecule has 2 aliphatic rings. The fourth-order valence-electron chi connectivity index (χ4n) is 4.38. The number of nitrogens with one attached hydrogen (secondary N) is 1. The van der Waals surface area contributed by atoms with Crippen molar-refractivity contribution >= 4 is 28.8 Å². The number of hydrogen-bond acceptors (Lipinski definition) is 6. The van der Waals surface area contributed by atoms with Gasteiger partial charge in [-0.3, -0.25) is 14.5 Å². The van der Waals surface area contributed by atoms with Crippen molar-refractivity contribution in [3.05, 3.63) is 59.8 Å². The van der Waals surface area contributed by atoms with Gasteiger partial charge in [0.25, 0.3) is 11.8 Å². The molecule has 1 saturated heterocycles. The summed E-state index contributed by atoms with van der Waals surface area (Å²) >= 11 is 0. The highest BCUT2D eigenvalue weighted by atomic mass is 16.5. The van der Waals surface area contributed by atoms with E-state index in [1.807, 2.05) is 38.1 Å². The molecule has 2 amide bonds. The molecule has 0 radical (unpaired) electrons. The summed E-state index contributed by atoms with van der Waals surface area (Å²) < 4.78 is 5.23. The maximum Gasteiger partial charge on any atom is 0.278 e. The Morgan fingerprint density at radius 3 is 2.09 bits per heavy atom. The second kappa shape index (κ2) is 9.67. The molecule has 0 unspecified atom stereocenters. The van der Waals surface area contributed by atoms with Crippen LogP contribution < -0.4 is 15.0 Å². The van der Waals surface area contributed by atoms with Gasteiger partial charge in [0.15, 0.2) is 0 Å². The number of amides is 2. The Bertz CT molecular complexity index is 1040. The first-order valence-corrected chi connectivity index (χ1v) is 11.5. The topological polar surface area (TPSA) is 65.1 Å². The molecule has 2 heterocycles. The van der Waals surface area contributed by atoms with Crippen LogP contribution in [0.15, 0.2) is 54.2 Å². The van der Waals surface area contributed by atoms with E-state index in [0.29, 0.717) is 22.6 Å². The smallest absolute Gasteiger partial charge is 0.278 e. The van der Waals surface area contributed by atoms with Gasteiger partial charge in [-0.1, -0.05) is 19.1 Å². The van der Waals surface area contributed by atoms with Crippen LogP contribution in [-0.4, -0.2) is 67.5 Å². The number of ether oxygens (including phenoxy) is 1. The van der Waals surface area contributed by atoms with Crippen LogP contribution in [0.25, 0.3) is 5.57 Å². The molecule has 2 aromatic carbocycles. The Balaban J connectivity index is 1.59. The fourth-order valence-corrected chi connectivity index (χ4v) is 4.38. The molecule has 33 heavy (non-hydrogen) atoms. The monoisotopic (exact) mass is 448 g/mol. The lowest BCUT2D eigenvalue weighted by Crippen LogP contribution is -2.46. The molecule has 7 heteroatoms. The van der Waals surface area contributed by atoms with Gasteiger partial charge in [0.05, 0.1) is 12.7 Å². The second-order valence-corrected chi connectivity index (χ2v) is 8.65. The Kier molecular flexibility index (Phi) is 6.70. The molecule has 7 nitrogen and oxygen atoms in total. The van der Waals surface area contributed by atoms with Crippen molar-refractivity contribution in [3.63, 3.8) is 0 Å². The van der Waals surface area contributed by atoms with E-state index in [2.05, 4.69) is 34.2 Å². The van der Waals surface area contributed by atoms with Crippen LogP contribution in [0, 0.1) is 0 Å². The fraction of sp³-hybridized carbons (Fsp3) is 0.385. The lowest BCUT2D eigenvalue weighted by Gasteiger charge is -2.35. The first kappa shape index (κ1) is 22.9. The largest absolute Gasteiger partial charge is 0.497 e. The van der Waals surface area contributed by atoms with Gasteiger partial charge in [0, 0.05) is 43.6 Å². The van der Waals surface area contributed by atoms with Gasteiger partial charge >= 0.3 is 0 Å². The number of nitrogens with zero attached hydrogens (tertiary/aromatic N) is 3. The lowest BCUT2D eigenvalue weighted by atomic mass is 10.0. The molecule has 174 valence electrons. The van der Waals surface area contributed by atoms with E-state index in [9.17, 15) is 9.59 Å². The normalized spacial score (nSPS) is 17.4. The summed E-state index contributed by atoms with van der Waals surface area (Å²) in [5, 5.41) is 3.24. The quantitative estimate of drug-likeness (QED) is 0.655. The summed E-state index contributed by atoms with van der Waals surface area (Å²) in [5.41, 5.74) is 3.32. The van der Waals surface area contributed by atoms with Crippen molar-refractivity contribution in [2.45, 2.75) is 26.8 Å². The predicted molar refractivity (Wildman–Crippen MR) is 131 cm³/mol. The van der Waals surface area contributed by atoms with Crippen LogP contribution >= 0.6 is 0 Å². The zero-order chi connectivity index (χ0) is 23.5. The summed E-state index contributed by atoms with van der Waals surface area (Å²) in [6, 6.07) is 15.0. The lowest BCUT2D eigenvalue weighted by molar-refractivity contribution is -0.138. The molecule has 1 fully saturated rings. The number of anilines is 2. The van der Waals surface area contributed by atoms with Gasteiger partial charge in [0.2, 0.25) is 0 Å². The average molecular weight is 449 g/mol. The molecule has 0 aromatic heterocycles. The van der Waals surface area contributed by atoms with Crippen molar-refractivity contribution in [1.29, 1.82) is 0 Å². The van der Waals surface area contributed by atoms with E-state index in [-0.39, 0.29) is 17.9 Å². The molecule has 0 spiro atoms. The molecule has 0 saturated carbocycles. The molecular formula is C26H32N4O3. The van der Waals surface area contributed by atoms with Crippen molar-refractivity contribution in [3.8, 4) is 5.75 Å². The zero-order valence-electron chi connectivity index (χ0n) is 19.8. The number of imide groups is 1.